The van der Waals surface area contributed by atoms with Gasteiger partial charge in [-0.25, -0.2) is 13.1 Å². The fraction of sp³-hybridized carbons (Fsp3) is 0.800. The van der Waals surface area contributed by atoms with Gasteiger partial charge in [0.15, 0.2) is 0 Å². The molecular weight excluding hydrogens is 258 g/mol. The van der Waals surface area contributed by atoms with Crippen molar-refractivity contribution in [3.63, 3.8) is 0 Å². The van der Waals surface area contributed by atoms with Gasteiger partial charge in [-0.05, 0) is 13.8 Å². The van der Waals surface area contributed by atoms with Gasteiger partial charge < -0.3 is 5.32 Å². The lowest BCUT2D eigenvalue weighted by molar-refractivity contribution is -0.137. The minimum atomic E-state index is -3.31. The number of carbonyl (C=O) groups excluding carboxylic acids is 2. The summed E-state index contributed by atoms with van der Waals surface area (Å²) in [5, 5.41) is 2.92. The summed E-state index contributed by atoms with van der Waals surface area (Å²) in [6.45, 7) is 3.66. The molecule has 1 atom stereocenters. The normalized spacial score (nSPS) is 21.8. The van der Waals surface area contributed by atoms with Crippen LogP contribution >= 0.6 is 0 Å². The van der Waals surface area contributed by atoms with Crippen LogP contribution in [-0.4, -0.2) is 56.6 Å². The summed E-state index contributed by atoms with van der Waals surface area (Å²) in [6, 6.07) is -0.567. The molecule has 0 bridgehead atoms. The quantitative estimate of drug-likeness (QED) is 0.607. The zero-order valence-electron chi connectivity index (χ0n) is 11.0. The average molecular weight is 277 g/mol. The van der Waals surface area contributed by atoms with Gasteiger partial charge >= 0.3 is 0 Å². The Balaban J connectivity index is 2.56. The number of hydrogen-bond donors (Lipinski definition) is 2. The van der Waals surface area contributed by atoms with Gasteiger partial charge in [0.05, 0.1) is 18.7 Å². The van der Waals surface area contributed by atoms with E-state index in [-0.39, 0.29) is 24.8 Å². The molecule has 0 aromatic rings. The van der Waals surface area contributed by atoms with Crippen molar-refractivity contribution in [2.75, 3.05) is 19.8 Å². The summed E-state index contributed by atoms with van der Waals surface area (Å²) in [5.41, 5.74) is -0.724. The van der Waals surface area contributed by atoms with E-state index < -0.39 is 21.6 Å². The second-order valence-electron chi connectivity index (χ2n) is 5.19. The fourth-order valence-corrected chi connectivity index (χ4v) is 2.91. The van der Waals surface area contributed by atoms with Gasteiger partial charge in [0, 0.05) is 19.1 Å². The Kier molecular flexibility index (Phi) is 4.14. The summed E-state index contributed by atoms with van der Waals surface area (Å²) >= 11 is 0. The first-order valence-corrected chi connectivity index (χ1v) is 7.44. The molecule has 1 saturated heterocycles. The molecule has 0 spiro atoms. The third kappa shape index (κ3) is 4.04. The van der Waals surface area contributed by atoms with Gasteiger partial charge in [-0.15, -0.1) is 0 Å². The average Bonchev–Trinajstić information content (AvgIpc) is 2.39. The molecule has 0 aromatic heterocycles. The standard InChI is InChI=1S/C10H19N3O4S/c1-10(2,12-18(4,16)17)6-11-7-5-8(14)13(3)9(7)15/h7,11-12H,5-6H2,1-4H3. The maximum absolute atomic E-state index is 11.6. The molecule has 1 aliphatic rings. The first-order chi connectivity index (χ1) is 8.02. The van der Waals surface area contributed by atoms with Crippen LogP contribution in [-0.2, 0) is 19.6 Å². The summed E-state index contributed by atoms with van der Waals surface area (Å²) in [4.78, 5) is 24.0. The van der Waals surface area contributed by atoms with Crippen LogP contribution in [0.4, 0.5) is 0 Å². The van der Waals surface area contributed by atoms with Crippen molar-refractivity contribution in [1.29, 1.82) is 0 Å². The largest absolute Gasteiger partial charge is 0.304 e. The number of imide groups is 1. The SMILES string of the molecule is CN1C(=O)CC(NCC(C)(C)NS(C)(=O)=O)C1=O. The Bertz CT molecular complexity index is 458. The number of amides is 2. The lowest BCUT2D eigenvalue weighted by atomic mass is 10.1. The highest BCUT2D eigenvalue weighted by molar-refractivity contribution is 7.88. The zero-order chi connectivity index (χ0) is 14.1. The molecule has 8 heteroatoms. The molecule has 0 saturated carbocycles. The van der Waals surface area contributed by atoms with Crippen molar-refractivity contribution >= 4 is 21.8 Å². The number of nitrogens with zero attached hydrogens (tertiary/aromatic N) is 1. The summed E-state index contributed by atoms with van der Waals surface area (Å²) in [6.07, 6.45) is 1.19. The van der Waals surface area contributed by atoms with E-state index in [2.05, 4.69) is 10.0 Å². The van der Waals surface area contributed by atoms with Crippen LogP contribution in [0.15, 0.2) is 0 Å². The van der Waals surface area contributed by atoms with Crippen LogP contribution in [0.1, 0.15) is 20.3 Å². The van der Waals surface area contributed by atoms with Gasteiger partial charge in [0.25, 0.3) is 0 Å². The van der Waals surface area contributed by atoms with Crippen molar-refractivity contribution in [3.8, 4) is 0 Å². The number of likely N-dealkylation sites (tertiary alicyclic amines) is 1. The second kappa shape index (κ2) is 4.94. The van der Waals surface area contributed by atoms with E-state index >= 15 is 0 Å². The number of sulfonamides is 1. The molecule has 1 heterocycles. The number of hydrogen-bond acceptors (Lipinski definition) is 5. The molecule has 0 aromatic carbocycles. The van der Waals surface area contributed by atoms with Gasteiger partial charge in [0.2, 0.25) is 21.8 Å². The second-order valence-corrected chi connectivity index (χ2v) is 6.94. The van der Waals surface area contributed by atoms with Gasteiger partial charge in [-0.3, -0.25) is 14.5 Å². The van der Waals surface area contributed by atoms with Gasteiger partial charge in [-0.2, -0.15) is 0 Å². The fourth-order valence-electron chi connectivity index (χ4n) is 1.83. The number of likely N-dealkylation sites (N-methyl/N-ethyl adjacent to an activating group) is 1. The molecule has 1 fully saturated rings. The van der Waals surface area contributed by atoms with Gasteiger partial charge in [0.1, 0.15) is 0 Å². The van der Waals surface area contributed by atoms with Crippen LogP contribution in [0.5, 0.6) is 0 Å². The first-order valence-electron chi connectivity index (χ1n) is 5.54. The molecule has 1 aliphatic heterocycles. The van der Waals surface area contributed by atoms with E-state index in [0.29, 0.717) is 0 Å². The van der Waals surface area contributed by atoms with E-state index in [9.17, 15) is 18.0 Å². The van der Waals surface area contributed by atoms with Crippen LogP contribution in [0.3, 0.4) is 0 Å². The maximum atomic E-state index is 11.6. The minimum Gasteiger partial charge on any atom is -0.304 e. The van der Waals surface area contributed by atoms with Crippen LogP contribution in [0, 0.1) is 0 Å². The van der Waals surface area contributed by atoms with E-state index in [1.54, 1.807) is 13.8 Å². The van der Waals surface area contributed by atoms with Crippen LogP contribution in [0.25, 0.3) is 0 Å². The van der Waals surface area contributed by atoms with E-state index in [1.165, 1.54) is 7.05 Å². The predicted molar refractivity (Wildman–Crippen MR) is 66.2 cm³/mol. The molecule has 7 nitrogen and oxygen atoms in total. The Morgan fingerprint density at radius 1 is 1.39 bits per heavy atom. The highest BCUT2D eigenvalue weighted by Crippen LogP contribution is 2.11. The van der Waals surface area contributed by atoms with Crippen molar-refractivity contribution in [2.45, 2.75) is 31.8 Å². The predicted octanol–water partition coefficient (Wildman–Crippen LogP) is -1.34. The third-order valence-corrected chi connectivity index (χ3v) is 3.56. The third-order valence-electron chi connectivity index (χ3n) is 2.63. The summed E-state index contributed by atoms with van der Waals surface area (Å²) in [7, 11) is -1.88. The number of nitrogens with one attached hydrogen (secondary N) is 2. The lowest BCUT2D eigenvalue weighted by Gasteiger charge is -2.26. The summed E-state index contributed by atoms with van der Waals surface area (Å²) in [5.74, 6) is -0.512. The molecule has 1 unspecified atom stereocenters. The maximum Gasteiger partial charge on any atom is 0.246 e. The lowest BCUT2D eigenvalue weighted by Crippen LogP contribution is -2.52. The zero-order valence-corrected chi connectivity index (χ0v) is 11.8. The topological polar surface area (TPSA) is 95.6 Å². The number of carbonyl (C=O) groups is 2. The molecule has 18 heavy (non-hydrogen) atoms. The van der Waals surface area contributed by atoms with Crippen molar-refractivity contribution < 1.29 is 18.0 Å². The Morgan fingerprint density at radius 2 is 1.94 bits per heavy atom. The molecule has 0 radical (unpaired) electrons. The molecule has 2 N–H and O–H groups in total. The van der Waals surface area contributed by atoms with Crippen molar-refractivity contribution in [3.05, 3.63) is 0 Å². The number of rotatable bonds is 5. The first kappa shape index (κ1) is 15.1. The van der Waals surface area contributed by atoms with E-state index in [0.717, 1.165) is 11.2 Å². The molecule has 104 valence electrons. The smallest absolute Gasteiger partial charge is 0.246 e. The Hall–Kier alpha value is -0.990. The summed E-state index contributed by atoms with van der Waals surface area (Å²) < 4.78 is 24.7. The monoisotopic (exact) mass is 277 g/mol. The van der Waals surface area contributed by atoms with Crippen LogP contribution in [0.2, 0.25) is 0 Å². The molecule has 0 aliphatic carbocycles. The highest BCUT2D eigenvalue weighted by Gasteiger charge is 2.36. The molecule has 2 amide bonds. The van der Waals surface area contributed by atoms with E-state index in [1.807, 2.05) is 0 Å². The molecule has 1 rings (SSSR count). The minimum absolute atomic E-state index is 0.115. The highest BCUT2D eigenvalue weighted by atomic mass is 32.2. The van der Waals surface area contributed by atoms with Gasteiger partial charge in [-0.1, -0.05) is 0 Å². The van der Waals surface area contributed by atoms with Crippen molar-refractivity contribution in [1.82, 2.24) is 14.9 Å². The Labute approximate surface area is 107 Å². The Morgan fingerprint density at radius 3 is 2.33 bits per heavy atom. The van der Waals surface area contributed by atoms with Crippen molar-refractivity contribution in [2.24, 2.45) is 0 Å². The van der Waals surface area contributed by atoms with Crippen LogP contribution < -0.4 is 10.0 Å². The molecular formula is C10H19N3O4S. The van der Waals surface area contributed by atoms with E-state index in [4.69, 9.17) is 0 Å².